The van der Waals surface area contributed by atoms with Crippen LogP contribution < -0.4 is 5.32 Å². The van der Waals surface area contributed by atoms with Gasteiger partial charge in [-0.15, -0.1) is 6.58 Å². The van der Waals surface area contributed by atoms with Crippen molar-refractivity contribution in [2.75, 3.05) is 11.9 Å². The summed E-state index contributed by atoms with van der Waals surface area (Å²) in [6.45, 7) is 5.54. The van der Waals surface area contributed by atoms with Gasteiger partial charge >= 0.3 is 0 Å². The van der Waals surface area contributed by atoms with Crippen molar-refractivity contribution in [2.24, 2.45) is 0 Å². The number of hydrogen-bond donors (Lipinski definition) is 1. The summed E-state index contributed by atoms with van der Waals surface area (Å²) in [5.41, 5.74) is 1.55. The van der Waals surface area contributed by atoms with E-state index in [0.717, 1.165) is 0 Å². The van der Waals surface area contributed by atoms with Gasteiger partial charge < -0.3 is 10.2 Å². The first-order valence-electron chi connectivity index (χ1n) is 7.92. The van der Waals surface area contributed by atoms with Gasteiger partial charge in [-0.25, -0.2) is 0 Å². The highest BCUT2D eigenvalue weighted by atomic mass is 16.6. The summed E-state index contributed by atoms with van der Waals surface area (Å²) < 4.78 is 0. The molecule has 1 N–H and O–H groups in total. The first kappa shape index (κ1) is 18.9. The van der Waals surface area contributed by atoms with Crippen LogP contribution in [0.25, 0.3) is 0 Å². The van der Waals surface area contributed by atoms with Gasteiger partial charge in [0.25, 0.3) is 11.6 Å². The fraction of sp³-hybridized carbons (Fsp3) is 0.158. The Kier molecular flexibility index (Phi) is 6.21. The highest BCUT2D eigenvalue weighted by Crippen LogP contribution is 2.18. The molecule has 0 saturated heterocycles. The number of nitrogens with one attached hydrogen (secondary N) is 1. The van der Waals surface area contributed by atoms with E-state index in [1.807, 2.05) is 0 Å². The second-order valence-electron chi connectivity index (χ2n) is 5.66. The molecule has 0 aromatic heterocycles. The molecule has 0 spiro atoms. The first-order valence-corrected chi connectivity index (χ1v) is 7.92. The number of carbonyl (C=O) groups is 2. The summed E-state index contributed by atoms with van der Waals surface area (Å²) in [6, 6.07) is 12.8. The van der Waals surface area contributed by atoms with Crippen LogP contribution in [0.5, 0.6) is 0 Å². The van der Waals surface area contributed by atoms with Crippen molar-refractivity contribution in [1.29, 1.82) is 0 Å². The van der Waals surface area contributed by atoms with Crippen LogP contribution in [0, 0.1) is 10.1 Å². The van der Waals surface area contributed by atoms with Gasteiger partial charge in [0.2, 0.25) is 5.91 Å². The number of anilines is 1. The van der Waals surface area contributed by atoms with E-state index in [0.29, 0.717) is 16.8 Å². The van der Waals surface area contributed by atoms with Crippen LogP contribution in [-0.2, 0) is 11.3 Å². The van der Waals surface area contributed by atoms with Crippen LogP contribution in [0.3, 0.4) is 0 Å². The lowest BCUT2D eigenvalue weighted by molar-refractivity contribution is -0.384. The van der Waals surface area contributed by atoms with Crippen molar-refractivity contribution in [3.05, 3.63) is 82.4 Å². The molecule has 0 saturated carbocycles. The lowest BCUT2D eigenvalue weighted by Gasteiger charge is -2.21. The minimum Gasteiger partial charge on any atom is -0.331 e. The summed E-state index contributed by atoms with van der Waals surface area (Å²) in [4.78, 5) is 36.0. The molecule has 26 heavy (non-hydrogen) atoms. The lowest BCUT2D eigenvalue weighted by atomic mass is 10.1. The van der Waals surface area contributed by atoms with E-state index < -0.39 is 4.92 Å². The maximum atomic E-state index is 12.8. The quantitative estimate of drug-likeness (QED) is 0.469. The molecule has 0 fully saturated rings. The fourth-order valence-electron chi connectivity index (χ4n) is 2.48. The summed E-state index contributed by atoms with van der Waals surface area (Å²) >= 11 is 0. The van der Waals surface area contributed by atoms with E-state index >= 15 is 0 Å². The number of nitro groups is 1. The van der Waals surface area contributed by atoms with Gasteiger partial charge in [-0.05, 0) is 23.8 Å². The molecule has 0 atom stereocenters. The Morgan fingerprint density at radius 2 is 1.96 bits per heavy atom. The van der Waals surface area contributed by atoms with Gasteiger partial charge in [-0.3, -0.25) is 19.7 Å². The summed E-state index contributed by atoms with van der Waals surface area (Å²) in [7, 11) is 0. The third kappa shape index (κ3) is 5.01. The van der Waals surface area contributed by atoms with E-state index in [-0.39, 0.29) is 30.6 Å². The summed E-state index contributed by atoms with van der Waals surface area (Å²) in [5.74, 6) is -0.488. The van der Waals surface area contributed by atoms with Crippen LogP contribution in [0.1, 0.15) is 22.8 Å². The third-order valence-corrected chi connectivity index (χ3v) is 3.56. The van der Waals surface area contributed by atoms with Crippen LogP contribution >= 0.6 is 0 Å². The number of nitro benzene ring substituents is 1. The molecule has 0 heterocycles. The molecule has 2 rings (SSSR count). The SMILES string of the molecule is C=CCN(Cc1cccc([N+](=O)[O-])c1)C(=O)c1cccc(NC(C)=O)c1. The lowest BCUT2D eigenvalue weighted by Crippen LogP contribution is -2.30. The van der Waals surface area contributed by atoms with E-state index in [9.17, 15) is 19.7 Å². The van der Waals surface area contributed by atoms with E-state index in [2.05, 4.69) is 11.9 Å². The van der Waals surface area contributed by atoms with E-state index in [1.165, 1.54) is 24.0 Å². The molecule has 0 aliphatic rings. The molecule has 134 valence electrons. The Balaban J connectivity index is 2.24. The molecular formula is C19H19N3O4. The Hall–Kier alpha value is -3.48. The average molecular weight is 353 g/mol. The van der Waals surface area contributed by atoms with E-state index in [4.69, 9.17) is 0 Å². The van der Waals surface area contributed by atoms with E-state index in [1.54, 1.807) is 42.5 Å². The van der Waals surface area contributed by atoms with Crippen molar-refractivity contribution in [2.45, 2.75) is 13.5 Å². The predicted molar refractivity (Wildman–Crippen MR) is 98.8 cm³/mol. The smallest absolute Gasteiger partial charge is 0.269 e. The molecule has 0 aliphatic heterocycles. The first-order chi connectivity index (χ1) is 12.4. The van der Waals surface area contributed by atoms with Crippen molar-refractivity contribution in [1.82, 2.24) is 4.90 Å². The number of benzene rings is 2. The molecule has 0 bridgehead atoms. The number of nitrogens with zero attached hydrogens (tertiary/aromatic N) is 2. The van der Waals surface area contributed by atoms with Crippen molar-refractivity contribution in [3.8, 4) is 0 Å². The van der Waals surface area contributed by atoms with Gasteiger partial charge in [0, 0.05) is 43.4 Å². The number of rotatable bonds is 7. The van der Waals surface area contributed by atoms with Crippen LogP contribution in [0.15, 0.2) is 61.2 Å². The van der Waals surface area contributed by atoms with Crippen LogP contribution in [0.4, 0.5) is 11.4 Å². The normalized spacial score (nSPS) is 10.0. The molecule has 2 aromatic carbocycles. The average Bonchev–Trinajstić information content (AvgIpc) is 2.60. The van der Waals surface area contributed by atoms with Gasteiger partial charge in [-0.2, -0.15) is 0 Å². The van der Waals surface area contributed by atoms with Crippen molar-refractivity contribution >= 4 is 23.2 Å². The van der Waals surface area contributed by atoms with Gasteiger partial charge in [0.15, 0.2) is 0 Å². The molecule has 2 amide bonds. The Morgan fingerprint density at radius 1 is 1.23 bits per heavy atom. The zero-order chi connectivity index (χ0) is 19.1. The van der Waals surface area contributed by atoms with Crippen molar-refractivity contribution in [3.63, 3.8) is 0 Å². The Bertz CT molecular complexity index is 848. The maximum Gasteiger partial charge on any atom is 0.269 e. The largest absolute Gasteiger partial charge is 0.331 e. The van der Waals surface area contributed by atoms with Gasteiger partial charge in [0.1, 0.15) is 0 Å². The molecule has 2 aromatic rings. The summed E-state index contributed by atoms with van der Waals surface area (Å²) in [6.07, 6.45) is 1.59. The highest BCUT2D eigenvalue weighted by Gasteiger charge is 2.17. The highest BCUT2D eigenvalue weighted by molar-refractivity contribution is 5.96. The molecular weight excluding hydrogens is 334 g/mol. The number of amides is 2. The van der Waals surface area contributed by atoms with Crippen molar-refractivity contribution < 1.29 is 14.5 Å². The standard InChI is InChI=1S/C19H19N3O4/c1-3-10-21(13-15-6-4-9-18(11-15)22(25)26)19(24)16-7-5-8-17(12-16)20-14(2)23/h3-9,11-12H,1,10,13H2,2H3,(H,20,23). The molecule has 0 aliphatic carbocycles. The van der Waals surface area contributed by atoms with Gasteiger partial charge in [-0.1, -0.05) is 24.3 Å². The Morgan fingerprint density at radius 3 is 2.62 bits per heavy atom. The number of carbonyl (C=O) groups excluding carboxylic acids is 2. The molecule has 0 radical (unpaired) electrons. The predicted octanol–water partition coefficient (Wildman–Crippen LogP) is 3.38. The Labute approximate surface area is 151 Å². The number of hydrogen-bond acceptors (Lipinski definition) is 4. The fourth-order valence-corrected chi connectivity index (χ4v) is 2.48. The number of non-ortho nitro benzene ring substituents is 1. The third-order valence-electron chi connectivity index (χ3n) is 3.56. The van der Waals surface area contributed by atoms with Crippen LogP contribution in [-0.4, -0.2) is 28.2 Å². The second-order valence-corrected chi connectivity index (χ2v) is 5.66. The minimum absolute atomic E-state index is 0.0267. The monoisotopic (exact) mass is 353 g/mol. The van der Waals surface area contributed by atoms with Crippen LogP contribution in [0.2, 0.25) is 0 Å². The minimum atomic E-state index is -0.472. The topological polar surface area (TPSA) is 92.5 Å². The van der Waals surface area contributed by atoms with Gasteiger partial charge in [0.05, 0.1) is 4.92 Å². The molecule has 7 heteroatoms. The summed E-state index contributed by atoms with van der Waals surface area (Å²) in [5, 5.41) is 13.6. The molecule has 0 unspecified atom stereocenters. The second kappa shape index (κ2) is 8.57. The zero-order valence-corrected chi connectivity index (χ0v) is 14.3. The maximum absolute atomic E-state index is 12.8. The molecule has 7 nitrogen and oxygen atoms in total. The zero-order valence-electron chi connectivity index (χ0n) is 14.3.